The average Bonchev–Trinajstić information content (AvgIpc) is 2.94. The highest BCUT2D eigenvalue weighted by molar-refractivity contribution is 5.72. The number of likely N-dealkylation sites (tertiary alicyclic amines) is 1. The highest BCUT2D eigenvalue weighted by atomic mass is 19.1. The van der Waals surface area contributed by atoms with Gasteiger partial charge in [-0.1, -0.05) is 51.1 Å². The molecule has 2 atom stereocenters. The Kier molecular flexibility index (Phi) is 9.88. The second-order valence-electron chi connectivity index (χ2n) is 12.0. The van der Waals surface area contributed by atoms with Crippen LogP contribution in [0.3, 0.4) is 0 Å². The van der Waals surface area contributed by atoms with Crippen LogP contribution in [0.2, 0.25) is 0 Å². The lowest BCUT2D eigenvalue weighted by Gasteiger charge is -2.52. The molecular formula is C33H44FNO5. The van der Waals surface area contributed by atoms with Crippen molar-refractivity contribution < 1.29 is 28.6 Å². The molecule has 1 aliphatic heterocycles. The van der Waals surface area contributed by atoms with Crippen LogP contribution in [0.5, 0.6) is 5.75 Å². The summed E-state index contributed by atoms with van der Waals surface area (Å²) < 4.78 is 25.9. The largest absolute Gasteiger partial charge is 0.490 e. The Morgan fingerprint density at radius 1 is 1.07 bits per heavy atom. The molecular weight excluding hydrogens is 509 g/mol. The van der Waals surface area contributed by atoms with Gasteiger partial charge >= 0.3 is 11.9 Å². The van der Waals surface area contributed by atoms with Crippen LogP contribution in [0.4, 0.5) is 4.39 Å². The standard InChI is InChI=1S/C27H32FNO3.C6H12O2/c1-18-9-12-27(18)13-10-23(11-14-27)32-22-7-5-19(6-8-22)24-4-2-3-20(25(24)28)15-29-16-21(17-29)26(30)31;1-4-5(2)6(7)8-3/h2-8,18,21,23H,9-17H2,1H3,(H,30,31);5H,4H2,1-3H3. The normalized spacial score (nSPS) is 25.1. The number of rotatable bonds is 8. The Balaban J connectivity index is 0.000000406. The molecule has 2 aromatic rings. The number of carboxylic acids is 1. The number of nitrogens with zero attached hydrogens (tertiary/aromatic N) is 1. The Bertz CT molecular complexity index is 1150. The first-order valence-corrected chi connectivity index (χ1v) is 14.7. The maximum atomic E-state index is 15.2. The van der Waals surface area contributed by atoms with Crippen LogP contribution in [-0.2, 0) is 20.9 Å². The van der Waals surface area contributed by atoms with Gasteiger partial charge in [0.05, 0.1) is 25.0 Å². The third kappa shape index (κ3) is 6.85. The molecule has 1 saturated heterocycles. The predicted octanol–water partition coefficient (Wildman–Crippen LogP) is 6.95. The third-order valence-corrected chi connectivity index (χ3v) is 9.51. The van der Waals surface area contributed by atoms with E-state index in [2.05, 4.69) is 11.7 Å². The maximum absolute atomic E-state index is 15.2. The second-order valence-corrected chi connectivity index (χ2v) is 12.0. The molecule has 1 spiro atoms. The number of methoxy groups -OCH3 is 1. The highest BCUT2D eigenvalue weighted by Gasteiger charge is 2.46. The van der Waals surface area contributed by atoms with Gasteiger partial charge < -0.3 is 14.6 Å². The van der Waals surface area contributed by atoms with Gasteiger partial charge in [-0.25, -0.2) is 4.39 Å². The van der Waals surface area contributed by atoms with Crippen molar-refractivity contribution in [2.75, 3.05) is 20.2 Å². The summed E-state index contributed by atoms with van der Waals surface area (Å²) in [6.07, 6.45) is 8.71. The minimum Gasteiger partial charge on any atom is -0.490 e. The molecule has 40 heavy (non-hydrogen) atoms. The van der Waals surface area contributed by atoms with Crippen molar-refractivity contribution >= 4 is 11.9 Å². The summed E-state index contributed by atoms with van der Waals surface area (Å²) in [6.45, 7) is 7.60. The van der Waals surface area contributed by atoms with E-state index in [4.69, 9.17) is 9.84 Å². The van der Waals surface area contributed by atoms with E-state index in [-0.39, 0.29) is 29.7 Å². The van der Waals surface area contributed by atoms with E-state index in [9.17, 15) is 9.59 Å². The summed E-state index contributed by atoms with van der Waals surface area (Å²) >= 11 is 0. The minimum atomic E-state index is -0.775. The van der Waals surface area contributed by atoms with Crippen molar-refractivity contribution in [3.05, 3.63) is 53.8 Å². The Morgan fingerprint density at radius 2 is 1.73 bits per heavy atom. The first-order valence-electron chi connectivity index (χ1n) is 14.7. The number of hydrogen-bond donors (Lipinski definition) is 1. The molecule has 0 radical (unpaired) electrons. The summed E-state index contributed by atoms with van der Waals surface area (Å²) in [7, 11) is 1.41. The summed E-state index contributed by atoms with van der Waals surface area (Å²) in [6, 6.07) is 13.2. The third-order valence-electron chi connectivity index (χ3n) is 9.51. The van der Waals surface area contributed by atoms with Gasteiger partial charge in [-0.05, 0) is 74.0 Å². The molecule has 2 unspecified atom stereocenters. The maximum Gasteiger partial charge on any atom is 0.309 e. The number of esters is 1. The highest BCUT2D eigenvalue weighted by Crippen LogP contribution is 2.55. The molecule has 6 nitrogen and oxygen atoms in total. The van der Waals surface area contributed by atoms with E-state index in [1.807, 2.05) is 49.1 Å². The van der Waals surface area contributed by atoms with Crippen LogP contribution in [0.25, 0.3) is 11.1 Å². The molecule has 1 heterocycles. The van der Waals surface area contributed by atoms with E-state index in [0.29, 0.717) is 36.2 Å². The van der Waals surface area contributed by atoms with Gasteiger partial charge in [-0.3, -0.25) is 14.5 Å². The van der Waals surface area contributed by atoms with Crippen LogP contribution in [0.1, 0.15) is 71.3 Å². The fourth-order valence-electron chi connectivity index (χ4n) is 6.16. The Hall–Kier alpha value is -2.93. The van der Waals surface area contributed by atoms with Crippen LogP contribution < -0.4 is 4.74 Å². The first-order chi connectivity index (χ1) is 19.2. The molecule has 0 bridgehead atoms. The average molecular weight is 554 g/mol. The van der Waals surface area contributed by atoms with Gasteiger partial charge in [0.25, 0.3) is 0 Å². The smallest absolute Gasteiger partial charge is 0.309 e. The zero-order valence-electron chi connectivity index (χ0n) is 24.3. The van der Waals surface area contributed by atoms with Crippen molar-refractivity contribution in [2.24, 2.45) is 23.2 Å². The van der Waals surface area contributed by atoms with E-state index in [1.165, 1.54) is 32.8 Å². The van der Waals surface area contributed by atoms with Crippen molar-refractivity contribution in [2.45, 2.75) is 78.4 Å². The van der Waals surface area contributed by atoms with Crippen molar-refractivity contribution in [3.63, 3.8) is 0 Å². The quantitative estimate of drug-likeness (QED) is 0.357. The van der Waals surface area contributed by atoms with Gasteiger partial charge in [-0.15, -0.1) is 0 Å². The van der Waals surface area contributed by atoms with Crippen LogP contribution in [-0.4, -0.2) is 48.2 Å². The lowest BCUT2D eigenvalue weighted by Crippen LogP contribution is -2.49. The van der Waals surface area contributed by atoms with Crippen LogP contribution in [0.15, 0.2) is 42.5 Å². The molecule has 5 rings (SSSR count). The van der Waals surface area contributed by atoms with Gasteiger partial charge in [0.1, 0.15) is 11.6 Å². The lowest BCUT2D eigenvalue weighted by atomic mass is 9.54. The van der Waals surface area contributed by atoms with Gasteiger partial charge in [0.15, 0.2) is 0 Å². The SMILES string of the molecule is CC1CCC12CCC(Oc1ccc(-c3cccc(CN4CC(C(=O)O)C4)c3F)cc1)CC2.CCC(C)C(=O)OC. The number of halogens is 1. The van der Waals surface area contributed by atoms with Crippen LogP contribution in [0, 0.1) is 29.0 Å². The molecule has 2 aromatic carbocycles. The number of benzene rings is 2. The number of carboxylic acid groups (broad SMARTS) is 1. The van der Waals surface area contributed by atoms with E-state index in [1.54, 1.807) is 12.1 Å². The van der Waals surface area contributed by atoms with E-state index < -0.39 is 5.97 Å². The van der Waals surface area contributed by atoms with Crippen molar-refractivity contribution in [3.8, 4) is 16.9 Å². The van der Waals surface area contributed by atoms with Gasteiger partial charge in [0, 0.05) is 30.8 Å². The Labute approximate surface area is 237 Å². The molecule has 0 aromatic heterocycles. The van der Waals surface area contributed by atoms with Crippen molar-refractivity contribution in [1.82, 2.24) is 4.90 Å². The monoisotopic (exact) mass is 553 g/mol. The number of hydrogen-bond acceptors (Lipinski definition) is 5. The molecule has 2 saturated carbocycles. The summed E-state index contributed by atoms with van der Waals surface area (Å²) in [5.41, 5.74) is 2.60. The molecule has 3 fully saturated rings. The predicted molar refractivity (Wildman–Crippen MR) is 153 cm³/mol. The number of carbonyl (C=O) groups is 2. The second kappa shape index (κ2) is 13.2. The minimum absolute atomic E-state index is 0.0556. The topological polar surface area (TPSA) is 76.1 Å². The number of ether oxygens (including phenoxy) is 2. The summed E-state index contributed by atoms with van der Waals surface area (Å²) in [5, 5.41) is 9.03. The molecule has 7 heteroatoms. The molecule has 2 aliphatic carbocycles. The molecule has 218 valence electrons. The zero-order chi connectivity index (χ0) is 28.9. The molecule has 0 amide bonds. The lowest BCUT2D eigenvalue weighted by molar-refractivity contribution is -0.148. The van der Waals surface area contributed by atoms with Crippen LogP contribution >= 0.6 is 0 Å². The van der Waals surface area contributed by atoms with Gasteiger partial charge in [0.2, 0.25) is 0 Å². The van der Waals surface area contributed by atoms with E-state index >= 15 is 4.39 Å². The summed E-state index contributed by atoms with van der Waals surface area (Å²) in [5.74, 6) is 0.324. The van der Waals surface area contributed by atoms with Crippen molar-refractivity contribution in [1.29, 1.82) is 0 Å². The molecule has 3 aliphatic rings. The zero-order valence-corrected chi connectivity index (χ0v) is 24.3. The summed E-state index contributed by atoms with van der Waals surface area (Å²) in [4.78, 5) is 23.5. The number of carbonyl (C=O) groups excluding carboxylic acids is 1. The van der Waals surface area contributed by atoms with Gasteiger partial charge in [-0.2, -0.15) is 0 Å². The first kappa shape index (κ1) is 30.0. The Morgan fingerprint density at radius 3 is 2.23 bits per heavy atom. The molecule has 1 N–H and O–H groups in total. The fourth-order valence-corrected chi connectivity index (χ4v) is 6.16. The van der Waals surface area contributed by atoms with E-state index in [0.717, 1.165) is 36.5 Å². The number of aliphatic carboxylic acids is 1. The fraction of sp³-hybridized carbons (Fsp3) is 0.576.